The number of esters is 1. The first kappa shape index (κ1) is 14.9. The Labute approximate surface area is 135 Å². The number of cyclic esters (lactones) is 1. The third kappa shape index (κ3) is 3.77. The number of nitrogens with one attached hydrogen (secondary N) is 1. The van der Waals surface area contributed by atoms with E-state index in [4.69, 9.17) is 4.74 Å². The van der Waals surface area contributed by atoms with Gasteiger partial charge in [0.1, 0.15) is 6.61 Å². The second-order valence-electron chi connectivity index (χ2n) is 5.07. The highest BCUT2D eigenvalue weighted by Gasteiger charge is 2.18. The maximum atomic E-state index is 10.8. The number of rotatable bonds is 1. The fourth-order valence-electron chi connectivity index (χ4n) is 2.32. The number of benzene rings is 2. The van der Waals surface area contributed by atoms with E-state index < -0.39 is 0 Å². The van der Waals surface area contributed by atoms with Crippen LogP contribution in [0.15, 0.2) is 85.1 Å². The molecular weight excluding hydrogens is 286 g/mol. The molecule has 0 fully saturated rings. The highest BCUT2D eigenvalue weighted by Crippen LogP contribution is 2.18. The smallest absolute Gasteiger partial charge is 0.338 e. The molecule has 23 heavy (non-hydrogen) atoms. The lowest BCUT2D eigenvalue weighted by Gasteiger charge is -2.04. The Morgan fingerprint density at radius 3 is 2.48 bits per heavy atom. The highest BCUT2D eigenvalue weighted by molar-refractivity contribution is 5.93. The predicted octanol–water partition coefficient (Wildman–Crippen LogP) is 4.06. The number of fused-ring (bicyclic) bond motifs is 1. The first-order chi connectivity index (χ1) is 11.3. The van der Waals surface area contributed by atoms with Gasteiger partial charge in [0.15, 0.2) is 0 Å². The molecule has 3 heteroatoms. The molecule has 0 atom stereocenters. The summed E-state index contributed by atoms with van der Waals surface area (Å²) < 4.78 is 4.78. The zero-order valence-electron chi connectivity index (χ0n) is 12.6. The molecule has 2 aliphatic rings. The highest BCUT2D eigenvalue weighted by atomic mass is 16.5. The van der Waals surface area contributed by atoms with Gasteiger partial charge < -0.3 is 10.1 Å². The summed E-state index contributed by atoms with van der Waals surface area (Å²) in [7, 11) is 0. The van der Waals surface area contributed by atoms with E-state index in [0.29, 0.717) is 12.2 Å². The third-order valence-corrected chi connectivity index (χ3v) is 3.50. The summed E-state index contributed by atoms with van der Waals surface area (Å²) in [5.41, 5.74) is 4.04. The summed E-state index contributed by atoms with van der Waals surface area (Å²) in [5.74, 6) is -0.199. The van der Waals surface area contributed by atoms with E-state index in [1.54, 1.807) is 6.07 Å². The Morgan fingerprint density at radius 1 is 0.870 bits per heavy atom. The number of carbonyl (C=O) groups is 1. The van der Waals surface area contributed by atoms with E-state index >= 15 is 0 Å². The molecule has 0 spiro atoms. The van der Waals surface area contributed by atoms with Crippen LogP contribution in [0.1, 0.15) is 21.5 Å². The fraction of sp³-hybridized carbons (Fsp3) is 0.0500. The van der Waals surface area contributed by atoms with Gasteiger partial charge in [-0.1, -0.05) is 60.7 Å². The van der Waals surface area contributed by atoms with Crippen LogP contribution in [0.25, 0.3) is 5.70 Å². The number of carbonyl (C=O) groups excluding carboxylic acids is 1. The van der Waals surface area contributed by atoms with Crippen LogP contribution in [-0.2, 0) is 11.3 Å². The summed E-state index contributed by atoms with van der Waals surface area (Å²) in [6, 6.07) is 17.7. The van der Waals surface area contributed by atoms with Gasteiger partial charge >= 0.3 is 5.97 Å². The molecule has 0 unspecified atom stereocenters. The second kappa shape index (κ2) is 7.27. The molecule has 0 saturated carbocycles. The van der Waals surface area contributed by atoms with Crippen molar-refractivity contribution in [1.29, 1.82) is 0 Å². The topological polar surface area (TPSA) is 38.3 Å². The molecule has 1 N–H and O–H groups in total. The Hall–Kier alpha value is -3.07. The van der Waals surface area contributed by atoms with Crippen LogP contribution in [0.2, 0.25) is 0 Å². The average Bonchev–Trinajstić information content (AvgIpc) is 2.82. The quantitative estimate of drug-likeness (QED) is 0.807. The van der Waals surface area contributed by atoms with Gasteiger partial charge in [-0.05, 0) is 23.8 Å². The van der Waals surface area contributed by atoms with Gasteiger partial charge in [0.05, 0.1) is 5.56 Å². The molecule has 0 saturated heterocycles. The molecule has 0 radical (unpaired) electrons. The van der Waals surface area contributed by atoms with Crippen LogP contribution in [0.4, 0.5) is 0 Å². The van der Waals surface area contributed by atoms with E-state index in [-0.39, 0.29) is 5.97 Å². The largest absolute Gasteiger partial charge is 0.457 e. The normalized spacial score (nSPS) is 14.6. The molecule has 0 aliphatic carbocycles. The minimum Gasteiger partial charge on any atom is -0.457 e. The van der Waals surface area contributed by atoms with E-state index in [1.165, 1.54) is 5.56 Å². The first-order valence-electron chi connectivity index (χ1n) is 7.45. The SMILES string of the molecule is C1=CC=C(c2ccccc2)NC=C1.O=C1OCc2ccccc21. The molecule has 2 heterocycles. The standard InChI is InChI=1S/C12H11N.C8H6O2/c1-3-7-11(8-4-1)12-9-5-2-6-10-13-12;9-8-7-4-2-1-3-6(7)5-10-8/h1-10,13H;1-4H,5H2. The zero-order chi connectivity index (χ0) is 15.9. The summed E-state index contributed by atoms with van der Waals surface area (Å²) in [6.45, 7) is 0.439. The van der Waals surface area contributed by atoms with Gasteiger partial charge in [-0.3, -0.25) is 0 Å². The molecule has 2 aromatic carbocycles. The summed E-state index contributed by atoms with van der Waals surface area (Å²) in [5, 5.41) is 3.22. The molecule has 0 bridgehead atoms. The summed E-state index contributed by atoms with van der Waals surface area (Å²) >= 11 is 0. The molecule has 114 valence electrons. The van der Waals surface area contributed by atoms with Crippen molar-refractivity contribution in [1.82, 2.24) is 5.32 Å². The van der Waals surface area contributed by atoms with Gasteiger partial charge in [0, 0.05) is 17.5 Å². The number of allylic oxidation sites excluding steroid dienone is 4. The Bertz CT molecular complexity index is 773. The van der Waals surface area contributed by atoms with Crippen molar-refractivity contribution in [3.63, 3.8) is 0 Å². The van der Waals surface area contributed by atoms with Crippen molar-refractivity contribution in [3.05, 3.63) is 102 Å². The van der Waals surface area contributed by atoms with Crippen LogP contribution in [0.5, 0.6) is 0 Å². The van der Waals surface area contributed by atoms with Crippen LogP contribution >= 0.6 is 0 Å². The number of ether oxygens (including phenoxy) is 1. The Morgan fingerprint density at radius 2 is 1.65 bits per heavy atom. The minimum absolute atomic E-state index is 0.199. The molecule has 3 nitrogen and oxygen atoms in total. The lowest BCUT2D eigenvalue weighted by molar-refractivity contribution is 0.0535. The third-order valence-electron chi connectivity index (χ3n) is 3.50. The first-order valence-corrected chi connectivity index (χ1v) is 7.45. The molecule has 4 rings (SSSR count). The van der Waals surface area contributed by atoms with Crippen LogP contribution < -0.4 is 5.32 Å². The maximum absolute atomic E-state index is 10.8. The average molecular weight is 303 g/mol. The zero-order valence-corrected chi connectivity index (χ0v) is 12.6. The number of hydrogen-bond donors (Lipinski definition) is 1. The lowest BCUT2D eigenvalue weighted by Crippen LogP contribution is -2.02. The molecule has 0 aromatic heterocycles. The van der Waals surface area contributed by atoms with Gasteiger partial charge in [0.25, 0.3) is 0 Å². The minimum atomic E-state index is -0.199. The van der Waals surface area contributed by atoms with Gasteiger partial charge in [0.2, 0.25) is 0 Å². The summed E-state index contributed by atoms with van der Waals surface area (Å²) in [4.78, 5) is 10.8. The Kier molecular flexibility index (Phi) is 4.69. The number of hydrogen-bond acceptors (Lipinski definition) is 3. The van der Waals surface area contributed by atoms with Crippen LogP contribution in [0.3, 0.4) is 0 Å². The Balaban J connectivity index is 0.000000140. The van der Waals surface area contributed by atoms with E-state index in [0.717, 1.165) is 11.3 Å². The van der Waals surface area contributed by atoms with Crippen molar-refractivity contribution in [2.45, 2.75) is 6.61 Å². The summed E-state index contributed by atoms with van der Waals surface area (Å²) in [6.07, 6.45) is 10.0. The van der Waals surface area contributed by atoms with Crippen molar-refractivity contribution < 1.29 is 9.53 Å². The lowest BCUT2D eigenvalue weighted by atomic mass is 10.1. The molecule has 2 aliphatic heterocycles. The maximum Gasteiger partial charge on any atom is 0.338 e. The van der Waals surface area contributed by atoms with Gasteiger partial charge in [-0.25, -0.2) is 4.79 Å². The van der Waals surface area contributed by atoms with Crippen molar-refractivity contribution >= 4 is 11.7 Å². The molecule has 2 aromatic rings. The van der Waals surface area contributed by atoms with Crippen molar-refractivity contribution in [3.8, 4) is 0 Å². The van der Waals surface area contributed by atoms with Crippen LogP contribution in [0, 0.1) is 0 Å². The molecular formula is C20H17NO2. The molecule has 0 amide bonds. The monoisotopic (exact) mass is 303 g/mol. The van der Waals surface area contributed by atoms with E-state index in [1.807, 2.05) is 60.8 Å². The van der Waals surface area contributed by atoms with E-state index in [9.17, 15) is 4.79 Å². The van der Waals surface area contributed by atoms with E-state index in [2.05, 4.69) is 23.5 Å². The van der Waals surface area contributed by atoms with Crippen molar-refractivity contribution in [2.24, 2.45) is 0 Å². The van der Waals surface area contributed by atoms with Crippen molar-refractivity contribution in [2.75, 3.05) is 0 Å². The van der Waals surface area contributed by atoms with Gasteiger partial charge in [-0.15, -0.1) is 0 Å². The fourth-order valence-corrected chi connectivity index (χ4v) is 2.32. The van der Waals surface area contributed by atoms with Gasteiger partial charge in [-0.2, -0.15) is 0 Å². The second-order valence-corrected chi connectivity index (χ2v) is 5.07. The predicted molar refractivity (Wildman–Crippen MR) is 91.4 cm³/mol. The van der Waals surface area contributed by atoms with Crippen LogP contribution in [-0.4, -0.2) is 5.97 Å².